The van der Waals surface area contributed by atoms with Gasteiger partial charge in [0.2, 0.25) is 0 Å². The van der Waals surface area contributed by atoms with Gasteiger partial charge in [-0.05, 0) is 91.0 Å². The second-order valence-electron chi connectivity index (χ2n) is 7.78. The molecular weight excluding hydrogens is 396 g/mol. The van der Waals surface area contributed by atoms with Crippen LogP contribution in [0.2, 0.25) is 0 Å². The minimum absolute atomic E-state index is 0.0486. The second kappa shape index (κ2) is 8.40. The summed E-state index contributed by atoms with van der Waals surface area (Å²) in [5.74, 6) is 0.0986. The highest BCUT2D eigenvalue weighted by Crippen LogP contribution is 2.32. The van der Waals surface area contributed by atoms with E-state index in [1.54, 1.807) is 13.2 Å². The summed E-state index contributed by atoms with van der Waals surface area (Å²) in [6.45, 7) is 9.98. The van der Waals surface area contributed by atoms with Crippen molar-refractivity contribution in [3.8, 4) is 5.75 Å². The largest absolute Gasteiger partial charge is 0.496 e. The highest BCUT2D eigenvalue weighted by Gasteiger charge is 2.35. The predicted octanol–water partition coefficient (Wildman–Crippen LogP) is 4.58. The highest BCUT2D eigenvalue weighted by molar-refractivity contribution is 7.80. The number of methoxy groups -OCH3 is 1. The Hall–Kier alpha value is -2.99. The van der Waals surface area contributed by atoms with Crippen LogP contribution in [0.1, 0.15) is 47.6 Å². The lowest BCUT2D eigenvalue weighted by atomic mass is 9.94. The van der Waals surface area contributed by atoms with Crippen molar-refractivity contribution in [1.29, 1.82) is 0 Å². The highest BCUT2D eigenvalue weighted by atomic mass is 32.1. The lowest BCUT2D eigenvalue weighted by Crippen LogP contribution is -2.54. The predicted molar refractivity (Wildman–Crippen MR) is 124 cm³/mol. The van der Waals surface area contributed by atoms with E-state index in [-0.39, 0.29) is 16.6 Å². The molecule has 0 spiro atoms. The number of hydrogen-bond acceptors (Lipinski definition) is 4. The molecule has 1 N–H and O–H groups in total. The molecule has 0 unspecified atom stereocenters. The van der Waals surface area contributed by atoms with Crippen molar-refractivity contribution in [2.45, 2.75) is 40.5 Å². The molecule has 156 valence electrons. The molecule has 30 heavy (non-hydrogen) atoms. The minimum Gasteiger partial charge on any atom is -0.496 e. The molecule has 5 nitrogen and oxygen atoms in total. The Morgan fingerprint density at radius 3 is 2.43 bits per heavy atom. The number of thiocarbonyl (C=S) groups is 1. The summed E-state index contributed by atoms with van der Waals surface area (Å²) >= 11 is 5.33. The van der Waals surface area contributed by atoms with E-state index in [0.717, 1.165) is 33.6 Å². The van der Waals surface area contributed by atoms with Gasteiger partial charge >= 0.3 is 0 Å². The second-order valence-corrected chi connectivity index (χ2v) is 8.17. The van der Waals surface area contributed by atoms with Crippen LogP contribution in [0.25, 0.3) is 6.08 Å². The minimum atomic E-state index is -0.493. The summed E-state index contributed by atoms with van der Waals surface area (Å²) in [5, 5.41) is 2.75. The molecule has 0 atom stereocenters. The molecule has 6 heteroatoms. The van der Waals surface area contributed by atoms with Gasteiger partial charge in [-0.2, -0.15) is 0 Å². The van der Waals surface area contributed by atoms with Crippen molar-refractivity contribution in [3.63, 3.8) is 0 Å². The number of rotatable bonds is 4. The Labute approximate surface area is 182 Å². The summed E-state index contributed by atoms with van der Waals surface area (Å²) in [7, 11) is 1.64. The zero-order valence-electron chi connectivity index (χ0n) is 18.1. The molecule has 0 aromatic heterocycles. The first-order valence-electron chi connectivity index (χ1n) is 9.82. The van der Waals surface area contributed by atoms with Gasteiger partial charge in [-0.1, -0.05) is 26.0 Å². The van der Waals surface area contributed by atoms with Gasteiger partial charge in [-0.25, -0.2) is 0 Å². The van der Waals surface area contributed by atoms with Crippen LogP contribution in [0.5, 0.6) is 5.75 Å². The quantitative estimate of drug-likeness (QED) is 0.445. The lowest BCUT2D eigenvalue weighted by Gasteiger charge is -2.30. The third-order valence-electron chi connectivity index (χ3n) is 5.46. The molecule has 2 aromatic carbocycles. The Morgan fingerprint density at radius 2 is 1.80 bits per heavy atom. The summed E-state index contributed by atoms with van der Waals surface area (Å²) in [4.78, 5) is 27.4. The molecule has 2 amide bonds. The van der Waals surface area contributed by atoms with Gasteiger partial charge < -0.3 is 4.74 Å². The zero-order valence-corrected chi connectivity index (χ0v) is 18.9. The zero-order chi connectivity index (χ0) is 22.2. The van der Waals surface area contributed by atoms with Crippen LogP contribution in [0.3, 0.4) is 0 Å². The molecule has 2 aromatic rings. The van der Waals surface area contributed by atoms with E-state index in [1.807, 2.05) is 51.1 Å². The van der Waals surface area contributed by atoms with Gasteiger partial charge in [0, 0.05) is 0 Å². The van der Waals surface area contributed by atoms with E-state index in [4.69, 9.17) is 17.0 Å². The maximum atomic E-state index is 13.4. The molecule has 1 aliphatic heterocycles. The number of anilines is 1. The maximum absolute atomic E-state index is 13.4. The first-order chi connectivity index (χ1) is 14.1. The van der Waals surface area contributed by atoms with E-state index in [2.05, 4.69) is 19.2 Å². The first kappa shape index (κ1) is 21.7. The fraction of sp³-hybridized carbons (Fsp3) is 0.292. The smallest absolute Gasteiger partial charge is 0.270 e. The van der Waals surface area contributed by atoms with Gasteiger partial charge in [-0.15, -0.1) is 0 Å². The SMILES string of the molecule is COc1cc(C)c(/C=C2\C(=O)NC(=S)N(c3cccc(C)c3C)C2=O)cc1C(C)C. The third-order valence-corrected chi connectivity index (χ3v) is 5.74. The Morgan fingerprint density at radius 1 is 1.10 bits per heavy atom. The molecule has 0 radical (unpaired) electrons. The number of nitrogens with zero attached hydrogens (tertiary/aromatic N) is 1. The van der Waals surface area contributed by atoms with Crippen LogP contribution in [0.4, 0.5) is 5.69 Å². The van der Waals surface area contributed by atoms with Crippen LogP contribution in [-0.2, 0) is 9.59 Å². The monoisotopic (exact) mass is 422 g/mol. The van der Waals surface area contributed by atoms with Crippen molar-refractivity contribution in [2.24, 2.45) is 0 Å². The number of nitrogens with one attached hydrogen (secondary N) is 1. The Kier molecular flexibility index (Phi) is 6.08. The standard InChI is InChI=1S/C24H26N2O3S/c1-13(2)18-11-17(15(4)10-21(18)29-6)12-19-22(27)25-24(30)26(23(19)28)20-9-7-8-14(3)16(20)5/h7-13H,1-6H3,(H,25,27,30)/b19-12+. The van der Waals surface area contributed by atoms with Crippen LogP contribution < -0.4 is 15.0 Å². The van der Waals surface area contributed by atoms with E-state index in [9.17, 15) is 9.59 Å². The van der Waals surface area contributed by atoms with E-state index in [1.165, 1.54) is 4.90 Å². The molecule has 3 rings (SSSR count). The normalized spacial score (nSPS) is 15.8. The fourth-order valence-electron chi connectivity index (χ4n) is 3.51. The Balaban J connectivity index is 2.12. The number of amides is 2. The van der Waals surface area contributed by atoms with Crippen LogP contribution in [0.15, 0.2) is 35.9 Å². The lowest BCUT2D eigenvalue weighted by molar-refractivity contribution is -0.122. The molecule has 1 aliphatic rings. The number of ether oxygens (including phenoxy) is 1. The average Bonchev–Trinajstić information content (AvgIpc) is 2.68. The van der Waals surface area contributed by atoms with Crippen molar-refractivity contribution >= 4 is 40.9 Å². The Bertz CT molecular complexity index is 1090. The summed E-state index contributed by atoms with van der Waals surface area (Å²) in [6.07, 6.45) is 1.64. The molecule has 1 fully saturated rings. The molecule has 1 saturated heterocycles. The number of hydrogen-bond donors (Lipinski definition) is 1. The number of carbonyl (C=O) groups is 2. The van der Waals surface area contributed by atoms with Crippen molar-refractivity contribution in [2.75, 3.05) is 12.0 Å². The van der Waals surface area contributed by atoms with E-state index >= 15 is 0 Å². The summed E-state index contributed by atoms with van der Waals surface area (Å²) in [6, 6.07) is 9.58. The molecule has 0 bridgehead atoms. The van der Waals surface area contributed by atoms with E-state index in [0.29, 0.717) is 5.69 Å². The van der Waals surface area contributed by atoms with Gasteiger partial charge in [0.05, 0.1) is 12.8 Å². The third kappa shape index (κ3) is 3.87. The molecule has 0 aliphatic carbocycles. The number of benzene rings is 2. The van der Waals surface area contributed by atoms with E-state index < -0.39 is 11.8 Å². The fourth-order valence-corrected chi connectivity index (χ4v) is 3.78. The van der Waals surface area contributed by atoms with Crippen LogP contribution in [0, 0.1) is 20.8 Å². The van der Waals surface area contributed by atoms with Gasteiger partial charge in [-0.3, -0.25) is 19.8 Å². The van der Waals surface area contributed by atoms with Crippen molar-refractivity contribution in [1.82, 2.24) is 5.32 Å². The van der Waals surface area contributed by atoms with Gasteiger partial charge in [0.25, 0.3) is 11.8 Å². The maximum Gasteiger partial charge on any atom is 0.270 e. The van der Waals surface area contributed by atoms with Crippen molar-refractivity contribution in [3.05, 3.63) is 63.7 Å². The average molecular weight is 423 g/mol. The van der Waals surface area contributed by atoms with Gasteiger partial charge in [0.1, 0.15) is 11.3 Å². The summed E-state index contributed by atoms with van der Waals surface area (Å²) in [5.41, 5.74) is 5.42. The van der Waals surface area contributed by atoms with Crippen LogP contribution in [-0.4, -0.2) is 24.0 Å². The van der Waals surface area contributed by atoms with Gasteiger partial charge in [0.15, 0.2) is 5.11 Å². The van der Waals surface area contributed by atoms with Crippen LogP contribution >= 0.6 is 12.2 Å². The molecular formula is C24H26N2O3S. The number of aryl methyl sites for hydroxylation is 2. The molecule has 0 saturated carbocycles. The summed E-state index contributed by atoms with van der Waals surface area (Å²) < 4.78 is 5.50. The first-order valence-corrected chi connectivity index (χ1v) is 10.2. The topological polar surface area (TPSA) is 58.6 Å². The van der Waals surface area contributed by atoms with Crippen molar-refractivity contribution < 1.29 is 14.3 Å². The molecule has 1 heterocycles. The number of carbonyl (C=O) groups excluding carboxylic acids is 2.